The molecule has 2 aromatic carbocycles. The molecule has 1 aromatic heterocycles. The summed E-state index contributed by atoms with van der Waals surface area (Å²) in [7, 11) is 0. The fourth-order valence-corrected chi connectivity index (χ4v) is 2.76. The molecule has 2 N–H and O–H groups in total. The molecule has 0 radical (unpaired) electrons. The van der Waals surface area contributed by atoms with Gasteiger partial charge in [-0.05, 0) is 37.6 Å². The number of anilines is 1. The van der Waals surface area contributed by atoms with E-state index in [2.05, 4.69) is 36.6 Å². The van der Waals surface area contributed by atoms with Gasteiger partial charge >= 0.3 is 0 Å². The van der Waals surface area contributed by atoms with Gasteiger partial charge < -0.3 is 15.0 Å². The van der Waals surface area contributed by atoms with Crippen LogP contribution < -0.4 is 10.5 Å². The standard InChI is InChI=1S/C18H20N2O/c1-3-20-15(11-14-8-6-9-16(19)18(14)20)12-21-17-10-5-4-7-13(17)2/h4-11H,3,12,19H2,1-2H3. The summed E-state index contributed by atoms with van der Waals surface area (Å²) in [6.45, 7) is 5.61. The Hall–Kier alpha value is -2.42. The van der Waals surface area contributed by atoms with Crippen LogP contribution in [-0.4, -0.2) is 4.57 Å². The van der Waals surface area contributed by atoms with Crippen molar-refractivity contribution in [3.63, 3.8) is 0 Å². The van der Waals surface area contributed by atoms with Crippen molar-refractivity contribution < 1.29 is 4.74 Å². The van der Waals surface area contributed by atoms with Crippen molar-refractivity contribution in [3.8, 4) is 5.75 Å². The Morgan fingerprint density at radius 3 is 2.67 bits per heavy atom. The van der Waals surface area contributed by atoms with Gasteiger partial charge in [-0.15, -0.1) is 0 Å². The van der Waals surface area contributed by atoms with Crippen LogP contribution in [0.2, 0.25) is 0 Å². The highest BCUT2D eigenvalue weighted by atomic mass is 16.5. The second-order valence-electron chi connectivity index (χ2n) is 5.22. The summed E-state index contributed by atoms with van der Waals surface area (Å²) in [5.41, 5.74) is 10.3. The van der Waals surface area contributed by atoms with E-state index in [1.165, 1.54) is 5.39 Å². The lowest BCUT2D eigenvalue weighted by atomic mass is 10.2. The zero-order valence-electron chi connectivity index (χ0n) is 12.5. The van der Waals surface area contributed by atoms with E-state index in [0.29, 0.717) is 6.61 Å². The summed E-state index contributed by atoms with van der Waals surface area (Å²) < 4.78 is 8.20. The highest BCUT2D eigenvalue weighted by Crippen LogP contribution is 2.26. The maximum absolute atomic E-state index is 6.12. The number of aromatic nitrogens is 1. The van der Waals surface area contributed by atoms with E-state index in [-0.39, 0.29) is 0 Å². The molecular formula is C18H20N2O. The van der Waals surface area contributed by atoms with Crippen molar-refractivity contribution in [2.75, 3.05) is 5.73 Å². The van der Waals surface area contributed by atoms with Gasteiger partial charge in [-0.2, -0.15) is 0 Å². The van der Waals surface area contributed by atoms with Gasteiger partial charge in [0.2, 0.25) is 0 Å². The van der Waals surface area contributed by atoms with Gasteiger partial charge in [-0.1, -0.05) is 30.3 Å². The van der Waals surface area contributed by atoms with E-state index < -0.39 is 0 Å². The average Bonchev–Trinajstić information content (AvgIpc) is 2.85. The number of hydrogen-bond donors (Lipinski definition) is 1. The highest BCUT2D eigenvalue weighted by Gasteiger charge is 2.10. The molecule has 0 aliphatic carbocycles. The van der Waals surface area contributed by atoms with Crippen molar-refractivity contribution in [1.29, 1.82) is 0 Å². The van der Waals surface area contributed by atoms with Gasteiger partial charge in [0.15, 0.2) is 0 Å². The number of nitrogens with two attached hydrogens (primary N) is 1. The largest absolute Gasteiger partial charge is 0.487 e. The predicted molar refractivity (Wildman–Crippen MR) is 87.5 cm³/mol. The quantitative estimate of drug-likeness (QED) is 0.730. The van der Waals surface area contributed by atoms with Crippen LogP contribution in [0.1, 0.15) is 18.2 Å². The number of aryl methyl sites for hydroxylation is 2. The average molecular weight is 280 g/mol. The van der Waals surface area contributed by atoms with Crippen molar-refractivity contribution in [2.45, 2.75) is 27.0 Å². The topological polar surface area (TPSA) is 40.2 Å². The highest BCUT2D eigenvalue weighted by molar-refractivity contribution is 5.91. The lowest BCUT2D eigenvalue weighted by molar-refractivity contribution is 0.294. The Morgan fingerprint density at radius 1 is 1.10 bits per heavy atom. The van der Waals surface area contributed by atoms with Gasteiger partial charge in [-0.25, -0.2) is 0 Å². The van der Waals surface area contributed by atoms with Crippen molar-refractivity contribution in [2.24, 2.45) is 0 Å². The monoisotopic (exact) mass is 280 g/mol. The normalized spacial score (nSPS) is 11.0. The third-order valence-corrected chi connectivity index (χ3v) is 3.82. The van der Waals surface area contributed by atoms with Crippen LogP contribution >= 0.6 is 0 Å². The molecule has 3 nitrogen and oxygen atoms in total. The number of ether oxygens (including phenoxy) is 1. The minimum absolute atomic E-state index is 0.548. The number of rotatable bonds is 4. The van der Waals surface area contributed by atoms with E-state index in [4.69, 9.17) is 10.5 Å². The predicted octanol–water partition coefficient (Wildman–Crippen LogP) is 4.13. The van der Waals surface area contributed by atoms with Crippen molar-refractivity contribution in [3.05, 3.63) is 59.8 Å². The molecule has 0 saturated carbocycles. The first-order valence-corrected chi connectivity index (χ1v) is 7.25. The zero-order valence-corrected chi connectivity index (χ0v) is 12.5. The van der Waals surface area contributed by atoms with Crippen molar-refractivity contribution >= 4 is 16.6 Å². The van der Waals surface area contributed by atoms with E-state index in [9.17, 15) is 0 Å². The van der Waals surface area contributed by atoms with Gasteiger partial charge in [0.1, 0.15) is 12.4 Å². The molecule has 21 heavy (non-hydrogen) atoms. The first-order valence-electron chi connectivity index (χ1n) is 7.25. The fraction of sp³-hybridized carbons (Fsp3) is 0.222. The molecule has 0 fully saturated rings. The maximum Gasteiger partial charge on any atom is 0.128 e. The molecule has 0 aliphatic rings. The lowest BCUT2D eigenvalue weighted by Crippen LogP contribution is -2.06. The minimum atomic E-state index is 0.548. The molecule has 3 rings (SSSR count). The van der Waals surface area contributed by atoms with Gasteiger partial charge in [0.25, 0.3) is 0 Å². The molecule has 3 aromatic rings. The van der Waals surface area contributed by atoms with Crippen LogP contribution in [0.25, 0.3) is 10.9 Å². The SMILES string of the molecule is CCn1c(COc2ccccc2C)cc2cccc(N)c21. The van der Waals surface area contributed by atoms with Gasteiger partial charge in [-0.3, -0.25) is 0 Å². The summed E-state index contributed by atoms with van der Waals surface area (Å²) in [5, 5.41) is 1.17. The first kappa shape index (κ1) is 13.6. The number of hydrogen-bond acceptors (Lipinski definition) is 2. The second-order valence-corrected chi connectivity index (χ2v) is 5.22. The Balaban J connectivity index is 1.94. The Bertz CT molecular complexity index is 774. The summed E-state index contributed by atoms with van der Waals surface area (Å²) in [5.74, 6) is 0.929. The number of para-hydroxylation sites is 2. The van der Waals surface area contributed by atoms with E-state index in [1.54, 1.807) is 0 Å². The van der Waals surface area contributed by atoms with Crippen LogP contribution in [-0.2, 0) is 13.2 Å². The van der Waals surface area contributed by atoms with Crippen LogP contribution in [0.15, 0.2) is 48.5 Å². The first-order chi connectivity index (χ1) is 10.2. The van der Waals surface area contributed by atoms with E-state index in [0.717, 1.165) is 34.8 Å². The Morgan fingerprint density at radius 2 is 1.90 bits per heavy atom. The van der Waals surface area contributed by atoms with Crippen molar-refractivity contribution in [1.82, 2.24) is 4.57 Å². The number of nitrogens with zero attached hydrogens (tertiary/aromatic N) is 1. The fourth-order valence-electron chi connectivity index (χ4n) is 2.76. The molecule has 3 heteroatoms. The molecule has 0 saturated heterocycles. The van der Waals surface area contributed by atoms with Crippen LogP contribution in [0.5, 0.6) is 5.75 Å². The smallest absolute Gasteiger partial charge is 0.128 e. The Labute approximate surface area is 125 Å². The maximum atomic E-state index is 6.12. The molecule has 0 aliphatic heterocycles. The molecule has 0 bridgehead atoms. The van der Waals surface area contributed by atoms with Crippen LogP contribution in [0.3, 0.4) is 0 Å². The third-order valence-electron chi connectivity index (χ3n) is 3.82. The third kappa shape index (κ3) is 2.47. The lowest BCUT2D eigenvalue weighted by Gasteiger charge is -2.12. The van der Waals surface area contributed by atoms with Gasteiger partial charge in [0.05, 0.1) is 16.9 Å². The number of benzene rings is 2. The molecule has 0 amide bonds. The summed E-state index contributed by atoms with van der Waals surface area (Å²) >= 11 is 0. The summed E-state index contributed by atoms with van der Waals surface area (Å²) in [4.78, 5) is 0. The summed E-state index contributed by atoms with van der Waals surface area (Å²) in [6.07, 6.45) is 0. The van der Waals surface area contributed by atoms with Crippen LogP contribution in [0, 0.1) is 6.92 Å². The minimum Gasteiger partial charge on any atom is -0.487 e. The number of fused-ring (bicyclic) bond motifs is 1. The summed E-state index contributed by atoms with van der Waals surface area (Å²) in [6, 6.07) is 16.3. The Kier molecular flexibility index (Phi) is 3.57. The molecular weight excluding hydrogens is 260 g/mol. The molecule has 0 spiro atoms. The van der Waals surface area contributed by atoms with Crippen LogP contribution in [0.4, 0.5) is 5.69 Å². The number of nitrogen functional groups attached to an aromatic ring is 1. The van der Waals surface area contributed by atoms with E-state index in [1.807, 2.05) is 30.3 Å². The molecule has 1 heterocycles. The molecule has 0 unspecified atom stereocenters. The van der Waals surface area contributed by atoms with E-state index >= 15 is 0 Å². The molecule has 0 atom stereocenters. The second kappa shape index (κ2) is 5.52. The van der Waals surface area contributed by atoms with Gasteiger partial charge in [0, 0.05) is 11.9 Å². The molecule has 108 valence electrons. The zero-order chi connectivity index (χ0) is 14.8.